The molecule has 0 aromatic carbocycles. The summed E-state index contributed by atoms with van der Waals surface area (Å²) in [4.78, 5) is 17.8. The van der Waals surface area contributed by atoms with Gasteiger partial charge in [-0.15, -0.1) is 0 Å². The van der Waals surface area contributed by atoms with E-state index in [1.54, 1.807) is 0 Å². The summed E-state index contributed by atoms with van der Waals surface area (Å²) in [5.41, 5.74) is 0.741. The molecule has 2 heterocycles. The molecule has 0 saturated heterocycles. The summed E-state index contributed by atoms with van der Waals surface area (Å²) in [7, 11) is 0. The molecule has 0 saturated carbocycles. The van der Waals surface area contributed by atoms with Crippen molar-refractivity contribution >= 4 is 11.3 Å². The fourth-order valence-corrected chi connectivity index (χ4v) is 1.70. The molecule has 2 aromatic heterocycles. The first-order valence-electron chi connectivity index (χ1n) is 4.01. The van der Waals surface area contributed by atoms with Gasteiger partial charge in [-0.2, -0.15) is 16.3 Å². The second kappa shape index (κ2) is 3.26. The standard InChI is InChI=1S/C9H8N2O2S/c1-5-8(12)10-7(11-9(5)13)6-2-3-14-4-6/h2-4H,1H3,(H2,10,11,12,13). The number of aromatic nitrogens is 2. The number of nitrogens with one attached hydrogen (secondary N) is 1. The minimum atomic E-state index is -0.307. The molecule has 2 aromatic rings. The van der Waals surface area contributed by atoms with Crippen LogP contribution < -0.4 is 5.56 Å². The molecule has 5 heteroatoms. The topological polar surface area (TPSA) is 66.0 Å². The van der Waals surface area contributed by atoms with E-state index in [1.807, 2.05) is 16.8 Å². The molecule has 0 bridgehead atoms. The average Bonchev–Trinajstić information content (AvgIpc) is 2.66. The number of rotatable bonds is 1. The summed E-state index contributed by atoms with van der Waals surface area (Å²) in [6.07, 6.45) is 0. The van der Waals surface area contributed by atoms with Crippen LogP contribution in [-0.2, 0) is 0 Å². The van der Waals surface area contributed by atoms with Crippen LogP contribution in [0.15, 0.2) is 21.6 Å². The second-order valence-corrected chi connectivity index (χ2v) is 3.66. The van der Waals surface area contributed by atoms with E-state index >= 15 is 0 Å². The van der Waals surface area contributed by atoms with Gasteiger partial charge in [-0.25, -0.2) is 0 Å². The maximum Gasteiger partial charge on any atom is 0.257 e. The van der Waals surface area contributed by atoms with Crippen LogP contribution in [0.2, 0.25) is 0 Å². The lowest BCUT2D eigenvalue weighted by Crippen LogP contribution is -2.11. The van der Waals surface area contributed by atoms with Crippen LogP contribution >= 0.6 is 11.3 Å². The highest BCUT2D eigenvalue weighted by Crippen LogP contribution is 2.19. The normalized spacial score (nSPS) is 10.4. The maximum atomic E-state index is 11.3. The number of aromatic amines is 1. The summed E-state index contributed by atoms with van der Waals surface area (Å²) in [6.45, 7) is 1.53. The largest absolute Gasteiger partial charge is 0.493 e. The van der Waals surface area contributed by atoms with Crippen molar-refractivity contribution in [1.82, 2.24) is 9.97 Å². The molecule has 2 rings (SSSR count). The lowest BCUT2D eigenvalue weighted by molar-refractivity contribution is 0.447. The molecule has 0 radical (unpaired) electrons. The van der Waals surface area contributed by atoms with Gasteiger partial charge in [0, 0.05) is 10.9 Å². The van der Waals surface area contributed by atoms with Crippen LogP contribution in [0, 0.1) is 6.92 Å². The molecule has 0 atom stereocenters. The Morgan fingerprint density at radius 3 is 2.93 bits per heavy atom. The molecule has 0 spiro atoms. The predicted octanol–water partition coefficient (Wildman–Crippen LogP) is 1.51. The lowest BCUT2D eigenvalue weighted by atomic mass is 10.3. The molecule has 0 aliphatic rings. The first-order chi connectivity index (χ1) is 6.68. The Kier molecular flexibility index (Phi) is 2.09. The van der Waals surface area contributed by atoms with Gasteiger partial charge in [0.05, 0.1) is 5.56 Å². The predicted molar refractivity (Wildman–Crippen MR) is 54.6 cm³/mol. The van der Waals surface area contributed by atoms with Crippen molar-refractivity contribution in [2.75, 3.05) is 0 Å². The van der Waals surface area contributed by atoms with Crippen LogP contribution in [0.1, 0.15) is 5.56 Å². The molecule has 0 aliphatic carbocycles. The van der Waals surface area contributed by atoms with Crippen LogP contribution in [0.4, 0.5) is 0 Å². The van der Waals surface area contributed by atoms with Crippen LogP contribution in [-0.4, -0.2) is 15.1 Å². The summed E-state index contributed by atoms with van der Waals surface area (Å²) < 4.78 is 0. The first kappa shape index (κ1) is 8.96. The highest BCUT2D eigenvalue weighted by atomic mass is 32.1. The molecule has 0 unspecified atom stereocenters. The Morgan fingerprint density at radius 1 is 1.57 bits per heavy atom. The Morgan fingerprint density at radius 2 is 2.36 bits per heavy atom. The van der Waals surface area contributed by atoms with E-state index in [9.17, 15) is 9.90 Å². The lowest BCUT2D eigenvalue weighted by Gasteiger charge is -2.00. The molecule has 0 amide bonds. The Labute approximate surface area is 83.9 Å². The van der Waals surface area contributed by atoms with Gasteiger partial charge >= 0.3 is 0 Å². The number of aromatic hydroxyl groups is 1. The summed E-state index contributed by atoms with van der Waals surface area (Å²) in [5, 5.41) is 13.1. The van der Waals surface area contributed by atoms with Gasteiger partial charge in [0.2, 0.25) is 5.88 Å². The first-order valence-corrected chi connectivity index (χ1v) is 4.95. The van der Waals surface area contributed by atoms with Crippen molar-refractivity contribution in [2.24, 2.45) is 0 Å². The summed E-state index contributed by atoms with van der Waals surface area (Å²) >= 11 is 1.51. The molecule has 4 nitrogen and oxygen atoms in total. The zero-order valence-corrected chi connectivity index (χ0v) is 8.26. The highest BCUT2D eigenvalue weighted by Gasteiger charge is 2.07. The smallest absolute Gasteiger partial charge is 0.257 e. The molecule has 2 N–H and O–H groups in total. The molecule has 72 valence electrons. The Bertz CT molecular complexity index is 502. The zero-order valence-electron chi connectivity index (χ0n) is 7.44. The third-order valence-corrected chi connectivity index (χ3v) is 2.60. The van der Waals surface area contributed by atoms with Crippen molar-refractivity contribution in [3.8, 4) is 17.3 Å². The second-order valence-electron chi connectivity index (χ2n) is 2.88. The van der Waals surface area contributed by atoms with Crippen molar-refractivity contribution < 1.29 is 5.11 Å². The fourth-order valence-electron chi connectivity index (χ4n) is 1.06. The third-order valence-electron chi connectivity index (χ3n) is 1.92. The van der Waals surface area contributed by atoms with Gasteiger partial charge < -0.3 is 10.1 Å². The van der Waals surface area contributed by atoms with Gasteiger partial charge in [0.1, 0.15) is 5.82 Å². The minimum Gasteiger partial charge on any atom is -0.493 e. The molecular formula is C9H8N2O2S. The van der Waals surface area contributed by atoms with Crippen LogP contribution in [0.3, 0.4) is 0 Å². The Balaban J connectivity index is 2.63. The Hall–Kier alpha value is -1.62. The highest BCUT2D eigenvalue weighted by molar-refractivity contribution is 7.08. The van der Waals surface area contributed by atoms with Gasteiger partial charge in [0.25, 0.3) is 5.56 Å². The van der Waals surface area contributed by atoms with Gasteiger partial charge in [-0.3, -0.25) is 4.79 Å². The van der Waals surface area contributed by atoms with E-state index in [0.717, 1.165) is 5.56 Å². The maximum absolute atomic E-state index is 11.3. The van der Waals surface area contributed by atoms with E-state index in [1.165, 1.54) is 18.3 Å². The average molecular weight is 208 g/mol. The number of H-pyrrole nitrogens is 1. The fraction of sp³-hybridized carbons (Fsp3) is 0.111. The van der Waals surface area contributed by atoms with Crippen molar-refractivity contribution in [3.05, 3.63) is 32.7 Å². The van der Waals surface area contributed by atoms with Crippen LogP contribution in [0.5, 0.6) is 5.88 Å². The van der Waals surface area contributed by atoms with E-state index in [-0.39, 0.29) is 17.0 Å². The van der Waals surface area contributed by atoms with Crippen molar-refractivity contribution in [1.29, 1.82) is 0 Å². The minimum absolute atomic E-state index is 0.213. The van der Waals surface area contributed by atoms with Crippen LogP contribution in [0.25, 0.3) is 11.4 Å². The van der Waals surface area contributed by atoms with Gasteiger partial charge in [-0.05, 0) is 18.4 Å². The van der Waals surface area contributed by atoms with Gasteiger partial charge in [-0.1, -0.05) is 0 Å². The molecular weight excluding hydrogens is 200 g/mol. The van der Waals surface area contributed by atoms with E-state index in [4.69, 9.17) is 0 Å². The number of thiophene rings is 1. The van der Waals surface area contributed by atoms with Gasteiger partial charge in [0.15, 0.2) is 0 Å². The van der Waals surface area contributed by atoms with Crippen molar-refractivity contribution in [2.45, 2.75) is 6.92 Å². The monoisotopic (exact) mass is 208 g/mol. The van der Waals surface area contributed by atoms with E-state index in [2.05, 4.69) is 9.97 Å². The SMILES string of the molecule is Cc1c(O)nc(-c2ccsc2)[nH]c1=O. The number of hydrogen-bond donors (Lipinski definition) is 2. The van der Waals surface area contributed by atoms with Crippen molar-refractivity contribution in [3.63, 3.8) is 0 Å². The van der Waals surface area contributed by atoms with E-state index in [0.29, 0.717) is 5.82 Å². The number of hydrogen-bond acceptors (Lipinski definition) is 4. The number of nitrogens with zero attached hydrogens (tertiary/aromatic N) is 1. The summed E-state index contributed by atoms with van der Waals surface area (Å²) in [5.74, 6) is 0.189. The van der Waals surface area contributed by atoms with E-state index < -0.39 is 0 Å². The molecule has 14 heavy (non-hydrogen) atoms. The summed E-state index contributed by atoms with van der Waals surface area (Å²) in [6, 6.07) is 1.83. The molecule has 0 aliphatic heterocycles. The quantitative estimate of drug-likeness (QED) is 0.746. The molecule has 0 fully saturated rings. The zero-order chi connectivity index (χ0) is 10.1. The third kappa shape index (κ3) is 1.42.